The Morgan fingerprint density at radius 2 is 2.18 bits per heavy atom. The van der Waals surface area contributed by atoms with Gasteiger partial charge in [0.25, 0.3) is 0 Å². The smallest absolute Gasteiger partial charge is 0.191 e. The van der Waals surface area contributed by atoms with E-state index in [0.717, 1.165) is 17.4 Å². The van der Waals surface area contributed by atoms with Crippen LogP contribution in [0.4, 0.5) is 0 Å². The van der Waals surface area contributed by atoms with Gasteiger partial charge in [0, 0.05) is 22.8 Å². The molecule has 2 aromatic heterocycles. The lowest BCUT2D eigenvalue weighted by Crippen LogP contribution is -2.22. The first-order chi connectivity index (χ1) is 10.4. The Hall–Kier alpha value is -1.14. The van der Waals surface area contributed by atoms with Crippen LogP contribution in [0.2, 0.25) is 0 Å². The van der Waals surface area contributed by atoms with Crippen molar-refractivity contribution < 1.29 is 4.79 Å². The number of rotatable bonds is 6. The monoisotopic (exact) mass is 335 g/mol. The molecule has 0 radical (unpaired) electrons. The molecule has 1 saturated carbocycles. The molecule has 0 saturated heterocycles. The lowest BCUT2D eigenvalue weighted by molar-refractivity contribution is -0.123. The van der Waals surface area contributed by atoms with Crippen LogP contribution in [0.3, 0.4) is 0 Å². The molecular weight excluding hydrogens is 314 g/mol. The Morgan fingerprint density at radius 3 is 2.77 bits per heavy atom. The molecule has 0 aromatic carbocycles. The maximum atomic E-state index is 12.1. The van der Waals surface area contributed by atoms with E-state index < -0.39 is 0 Å². The molecule has 1 aliphatic carbocycles. The van der Waals surface area contributed by atoms with Gasteiger partial charge in [0.05, 0.1) is 5.75 Å². The zero-order valence-electron chi connectivity index (χ0n) is 13.2. The maximum absolute atomic E-state index is 12.1. The van der Waals surface area contributed by atoms with Gasteiger partial charge in [-0.05, 0) is 24.3 Å². The summed E-state index contributed by atoms with van der Waals surface area (Å²) in [6.07, 6.45) is 3.21. The van der Waals surface area contributed by atoms with E-state index in [2.05, 4.69) is 32.3 Å². The van der Waals surface area contributed by atoms with E-state index >= 15 is 0 Å². The van der Waals surface area contributed by atoms with E-state index in [0.29, 0.717) is 11.8 Å². The Balaban J connectivity index is 1.74. The standard InChI is InChI=1S/C16H21N3OS2/c1-16(2,3)13(20)10-22-15-18-17-14(19(15)11-6-7-11)9-12-5-4-8-21-12/h4-5,8,11H,6-7,9-10H2,1-3H3. The van der Waals surface area contributed by atoms with Crippen LogP contribution in [-0.4, -0.2) is 26.3 Å². The predicted octanol–water partition coefficient (Wildman–Crippen LogP) is 3.97. The van der Waals surface area contributed by atoms with Crippen LogP contribution in [0.15, 0.2) is 22.7 Å². The minimum atomic E-state index is -0.294. The van der Waals surface area contributed by atoms with Crippen molar-refractivity contribution in [1.29, 1.82) is 0 Å². The van der Waals surface area contributed by atoms with Gasteiger partial charge in [-0.3, -0.25) is 4.79 Å². The lowest BCUT2D eigenvalue weighted by atomic mass is 9.92. The van der Waals surface area contributed by atoms with Gasteiger partial charge in [0.1, 0.15) is 11.6 Å². The molecule has 0 N–H and O–H groups in total. The average molecular weight is 335 g/mol. The first-order valence-corrected chi connectivity index (χ1v) is 9.44. The molecule has 118 valence electrons. The van der Waals surface area contributed by atoms with Crippen LogP contribution in [0.1, 0.15) is 50.4 Å². The van der Waals surface area contributed by atoms with E-state index in [9.17, 15) is 4.79 Å². The molecule has 0 unspecified atom stereocenters. The molecule has 0 spiro atoms. The van der Waals surface area contributed by atoms with Crippen LogP contribution < -0.4 is 0 Å². The summed E-state index contributed by atoms with van der Waals surface area (Å²) in [5.41, 5.74) is -0.294. The van der Waals surface area contributed by atoms with Crippen molar-refractivity contribution in [2.45, 2.75) is 51.2 Å². The maximum Gasteiger partial charge on any atom is 0.191 e. The molecule has 4 nitrogen and oxygen atoms in total. The highest BCUT2D eigenvalue weighted by Gasteiger charge is 2.30. The summed E-state index contributed by atoms with van der Waals surface area (Å²) in [5.74, 6) is 1.74. The molecule has 3 rings (SSSR count). The molecule has 2 heterocycles. The fourth-order valence-corrected chi connectivity index (χ4v) is 4.03. The number of hydrogen-bond donors (Lipinski definition) is 0. The van der Waals surface area contributed by atoms with E-state index in [1.54, 1.807) is 11.3 Å². The minimum Gasteiger partial charge on any atom is -0.303 e. The summed E-state index contributed by atoms with van der Waals surface area (Å²) >= 11 is 3.27. The summed E-state index contributed by atoms with van der Waals surface area (Å²) in [6, 6.07) is 4.72. The molecule has 1 fully saturated rings. The third-order valence-corrected chi connectivity index (χ3v) is 5.55. The SMILES string of the molecule is CC(C)(C)C(=O)CSc1nnc(Cc2cccs2)n1C1CC1. The van der Waals surface area contributed by atoms with Crippen molar-refractivity contribution in [2.75, 3.05) is 5.75 Å². The van der Waals surface area contributed by atoms with Gasteiger partial charge in [0.15, 0.2) is 5.16 Å². The average Bonchev–Trinajstić information content (AvgIpc) is 3.01. The number of thiophene rings is 1. The van der Waals surface area contributed by atoms with Crippen LogP contribution in [0, 0.1) is 5.41 Å². The van der Waals surface area contributed by atoms with Gasteiger partial charge < -0.3 is 4.57 Å². The van der Waals surface area contributed by atoms with E-state index in [-0.39, 0.29) is 11.2 Å². The van der Waals surface area contributed by atoms with Crippen LogP contribution in [0.25, 0.3) is 0 Å². The van der Waals surface area contributed by atoms with Crippen molar-refractivity contribution >= 4 is 28.9 Å². The Bertz CT molecular complexity index is 651. The van der Waals surface area contributed by atoms with E-state index in [1.807, 2.05) is 20.8 Å². The third kappa shape index (κ3) is 3.60. The number of ketones is 1. The van der Waals surface area contributed by atoms with E-state index in [4.69, 9.17) is 0 Å². The molecule has 0 aliphatic heterocycles. The van der Waals surface area contributed by atoms with Gasteiger partial charge in [-0.1, -0.05) is 38.6 Å². The number of carbonyl (C=O) groups excluding carboxylic acids is 1. The highest BCUT2D eigenvalue weighted by Crippen LogP contribution is 2.39. The number of carbonyl (C=O) groups is 1. The second-order valence-electron chi connectivity index (χ2n) is 6.72. The van der Waals surface area contributed by atoms with Crippen molar-refractivity contribution in [3.63, 3.8) is 0 Å². The number of aromatic nitrogens is 3. The fourth-order valence-electron chi connectivity index (χ4n) is 2.14. The summed E-state index contributed by atoms with van der Waals surface area (Å²) in [6.45, 7) is 5.89. The van der Waals surface area contributed by atoms with E-state index in [1.165, 1.54) is 29.5 Å². The molecule has 0 amide bonds. The zero-order chi connectivity index (χ0) is 15.7. The van der Waals surface area contributed by atoms with Crippen molar-refractivity contribution in [1.82, 2.24) is 14.8 Å². The van der Waals surface area contributed by atoms with Gasteiger partial charge in [-0.25, -0.2) is 0 Å². The normalized spacial score (nSPS) is 15.2. The molecular formula is C16H21N3OS2. The topological polar surface area (TPSA) is 47.8 Å². The van der Waals surface area contributed by atoms with Crippen molar-refractivity contribution in [2.24, 2.45) is 5.41 Å². The summed E-state index contributed by atoms with van der Waals surface area (Å²) in [7, 11) is 0. The number of Topliss-reactive ketones (excluding diaryl/α,β-unsaturated/α-hetero) is 1. The first kappa shape index (κ1) is 15.7. The number of thioether (sulfide) groups is 1. The second kappa shape index (κ2) is 6.16. The van der Waals surface area contributed by atoms with Crippen molar-refractivity contribution in [3.05, 3.63) is 28.2 Å². The predicted molar refractivity (Wildman–Crippen MR) is 90.6 cm³/mol. The quantitative estimate of drug-likeness (QED) is 0.749. The summed E-state index contributed by atoms with van der Waals surface area (Å²) in [5, 5.41) is 11.7. The van der Waals surface area contributed by atoms with Crippen LogP contribution >= 0.6 is 23.1 Å². The highest BCUT2D eigenvalue weighted by molar-refractivity contribution is 7.99. The van der Waals surface area contributed by atoms with Gasteiger partial charge in [-0.2, -0.15) is 0 Å². The Labute approximate surface area is 139 Å². The van der Waals surface area contributed by atoms with Gasteiger partial charge in [0.2, 0.25) is 0 Å². The molecule has 1 aliphatic rings. The molecule has 6 heteroatoms. The molecule has 2 aromatic rings. The Kier molecular flexibility index (Phi) is 4.41. The summed E-state index contributed by atoms with van der Waals surface area (Å²) < 4.78 is 2.25. The fraction of sp³-hybridized carbons (Fsp3) is 0.562. The van der Waals surface area contributed by atoms with Gasteiger partial charge >= 0.3 is 0 Å². The lowest BCUT2D eigenvalue weighted by Gasteiger charge is -2.16. The number of hydrogen-bond acceptors (Lipinski definition) is 5. The van der Waals surface area contributed by atoms with Gasteiger partial charge in [-0.15, -0.1) is 21.5 Å². The Morgan fingerprint density at radius 1 is 1.41 bits per heavy atom. The first-order valence-electron chi connectivity index (χ1n) is 7.57. The molecule has 22 heavy (non-hydrogen) atoms. The summed E-state index contributed by atoms with van der Waals surface area (Å²) in [4.78, 5) is 13.4. The highest BCUT2D eigenvalue weighted by atomic mass is 32.2. The van der Waals surface area contributed by atoms with Crippen LogP contribution in [-0.2, 0) is 11.2 Å². The molecule has 0 bridgehead atoms. The second-order valence-corrected chi connectivity index (χ2v) is 8.69. The van der Waals surface area contributed by atoms with Crippen molar-refractivity contribution in [3.8, 4) is 0 Å². The zero-order valence-corrected chi connectivity index (χ0v) is 14.8. The molecule has 0 atom stereocenters. The minimum absolute atomic E-state index is 0.252. The number of nitrogens with zero attached hydrogens (tertiary/aromatic N) is 3. The largest absolute Gasteiger partial charge is 0.303 e. The van der Waals surface area contributed by atoms with Crippen LogP contribution in [0.5, 0.6) is 0 Å². The third-order valence-electron chi connectivity index (χ3n) is 3.73.